The van der Waals surface area contributed by atoms with Gasteiger partial charge in [0.2, 0.25) is 5.91 Å². The minimum Gasteiger partial charge on any atom is -0.384 e. The lowest BCUT2D eigenvalue weighted by atomic mass is 9.82. The predicted molar refractivity (Wildman–Crippen MR) is 136 cm³/mol. The lowest BCUT2D eigenvalue weighted by Crippen LogP contribution is -2.45. The van der Waals surface area contributed by atoms with Crippen LogP contribution in [0.15, 0.2) is 91.0 Å². The van der Waals surface area contributed by atoms with Crippen LogP contribution in [0.2, 0.25) is 0 Å². The van der Waals surface area contributed by atoms with Crippen LogP contribution in [-0.2, 0) is 16.9 Å². The van der Waals surface area contributed by atoms with E-state index in [4.69, 9.17) is 16.9 Å². The van der Waals surface area contributed by atoms with Gasteiger partial charge in [0, 0.05) is 11.1 Å². The van der Waals surface area contributed by atoms with Crippen LogP contribution in [0, 0.1) is 5.41 Å². The summed E-state index contributed by atoms with van der Waals surface area (Å²) in [6.45, 7) is 0.0544. The van der Waals surface area contributed by atoms with Crippen LogP contribution in [0.3, 0.4) is 0 Å². The number of fused-ring (bicyclic) bond motifs is 1. The summed E-state index contributed by atoms with van der Waals surface area (Å²) in [4.78, 5) is 39.9. The fourth-order valence-corrected chi connectivity index (χ4v) is 4.59. The first-order valence-corrected chi connectivity index (χ1v) is 11.3. The maximum Gasteiger partial charge on any atom is 0.325 e. The summed E-state index contributed by atoms with van der Waals surface area (Å²) in [7, 11) is 0. The van der Waals surface area contributed by atoms with Gasteiger partial charge in [-0.15, -0.1) is 0 Å². The van der Waals surface area contributed by atoms with Crippen molar-refractivity contribution in [1.82, 2.24) is 10.2 Å². The second-order valence-corrected chi connectivity index (χ2v) is 8.69. The standard InChI is InChI=1S/C28H23N5O3/c29-24(30)20-9-8-18-7-6-17(14-21(18)15-20)16-33-26(35)28(32-27(33)36,22-4-2-1-3-5-22)23-12-10-19(11-13-23)25(31)34/h1-15H,16H2,(H3,29,30)(H2,31,34)(H,32,36). The van der Waals surface area contributed by atoms with E-state index < -0.39 is 23.4 Å². The molecule has 0 spiro atoms. The molecule has 178 valence electrons. The number of primary amides is 1. The molecule has 1 heterocycles. The van der Waals surface area contributed by atoms with E-state index in [-0.39, 0.29) is 12.4 Å². The molecule has 1 atom stereocenters. The van der Waals surface area contributed by atoms with E-state index >= 15 is 0 Å². The molecule has 1 saturated heterocycles. The zero-order valence-corrected chi connectivity index (χ0v) is 19.2. The minimum absolute atomic E-state index is 0.0357. The second-order valence-electron chi connectivity index (χ2n) is 8.69. The molecular formula is C28H23N5O3. The van der Waals surface area contributed by atoms with E-state index in [1.54, 1.807) is 54.6 Å². The van der Waals surface area contributed by atoms with E-state index in [1.165, 1.54) is 4.90 Å². The van der Waals surface area contributed by atoms with Crippen molar-refractivity contribution in [3.8, 4) is 0 Å². The van der Waals surface area contributed by atoms with Gasteiger partial charge in [-0.2, -0.15) is 0 Å². The van der Waals surface area contributed by atoms with E-state index in [9.17, 15) is 14.4 Å². The summed E-state index contributed by atoms with van der Waals surface area (Å²) in [5, 5.41) is 12.4. The van der Waals surface area contributed by atoms with Crippen LogP contribution >= 0.6 is 0 Å². The van der Waals surface area contributed by atoms with Crippen molar-refractivity contribution in [2.24, 2.45) is 11.5 Å². The number of hydrogen-bond donors (Lipinski definition) is 4. The van der Waals surface area contributed by atoms with E-state index in [1.807, 2.05) is 36.4 Å². The molecule has 8 nitrogen and oxygen atoms in total. The Labute approximate surface area is 207 Å². The van der Waals surface area contributed by atoms with Crippen LogP contribution in [-0.4, -0.2) is 28.6 Å². The Hall–Kier alpha value is -4.98. The molecule has 0 saturated carbocycles. The Morgan fingerprint density at radius 3 is 2.11 bits per heavy atom. The zero-order chi connectivity index (χ0) is 25.4. The Kier molecular flexibility index (Phi) is 5.49. The number of urea groups is 1. The molecule has 0 bridgehead atoms. The van der Waals surface area contributed by atoms with Gasteiger partial charge in [-0.25, -0.2) is 4.79 Å². The molecule has 8 heteroatoms. The average molecular weight is 478 g/mol. The van der Waals surface area contributed by atoms with Crippen molar-refractivity contribution in [3.63, 3.8) is 0 Å². The summed E-state index contributed by atoms with van der Waals surface area (Å²) in [5.74, 6) is -1.04. The Morgan fingerprint density at radius 2 is 1.44 bits per heavy atom. The molecule has 0 radical (unpaired) electrons. The molecule has 1 fully saturated rings. The fraction of sp³-hybridized carbons (Fsp3) is 0.0714. The van der Waals surface area contributed by atoms with Crippen molar-refractivity contribution in [1.29, 1.82) is 5.41 Å². The summed E-state index contributed by atoms with van der Waals surface area (Å²) in [5.41, 5.74) is 12.3. The number of nitrogens with one attached hydrogen (secondary N) is 2. The predicted octanol–water partition coefficient (Wildman–Crippen LogP) is 3.22. The van der Waals surface area contributed by atoms with Gasteiger partial charge >= 0.3 is 6.03 Å². The smallest absolute Gasteiger partial charge is 0.325 e. The van der Waals surface area contributed by atoms with E-state index in [2.05, 4.69) is 5.32 Å². The highest BCUT2D eigenvalue weighted by Gasteiger charge is 2.53. The first kappa shape index (κ1) is 22.8. The average Bonchev–Trinajstić information content (AvgIpc) is 3.14. The molecule has 0 aliphatic carbocycles. The molecule has 1 aliphatic heterocycles. The molecule has 36 heavy (non-hydrogen) atoms. The van der Waals surface area contributed by atoms with Crippen LogP contribution in [0.4, 0.5) is 4.79 Å². The normalized spacial score (nSPS) is 17.3. The molecule has 1 aliphatic rings. The summed E-state index contributed by atoms with van der Waals surface area (Å²) in [6, 6.07) is 25.9. The first-order chi connectivity index (χ1) is 17.3. The second kappa shape index (κ2) is 8.66. The molecular weight excluding hydrogens is 454 g/mol. The maximum atomic E-state index is 14.0. The summed E-state index contributed by atoms with van der Waals surface area (Å²) in [6.07, 6.45) is 0. The van der Waals surface area contributed by atoms with Crippen LogP contribution in [0.1, 0.15) is 32.6 Å². The number of amides is 4. The summed E-state index contributed by atoms with van der Waals surface area (Å²) < 4.78 is 0. The monoisotopic (exact) mass is 477 g/mol. The Balaban J connectivity index is 1.55. The van der Waals surface area contributed by atoms with E-state index in [0.717, 1.165) is 16.3 Å². The van der Waals surface area contributed by atoms with Crippen molar-refractivity contribution >= 4 is 34.5 Å². The number of imide groups is 1. The number of carbonyl (C=O) groups excluding carboxylic acids is 3. The molecule has 1 unspecified atom stereocenters. The lowest BCUT2D eigenvalue weighted by molar-refractivity contribution is -0.130. The number of benzene rings is 4. The van der Waals surface area contributed by atoms with Crippen LogP contribution in [0.5, 0.6) is 0 Å². The fourth-order valence-electron chi connectivity index (χ4n) is 4.59. The maximum absolute atomic E-state index is 14.0. The lowest BCUT2D eigenvalue weighted by Gasteiger charge is -2.28. The number of rotatable bonds is 6. The summed E-state index contributed by atoms with van der Waals surface area (Å²) >= 11 is 0. The SMILES string of the molecule is N=C(N)c1ccc2ccc(CN3C(=O)NC(c4ccccc4)(c4ccc(C(N)=O)cc4)C3=O)cc2c1. The van der Waals surface area contributed by atoms with Gasteiger partial charge < -0.3 is 16.8 Å². The minimum atomic E-state index is -1.45. The zero-order valence-electron chi connectivity index (χ0n) is 19.2. The van der Waals surface area contributed by atoms with Gasteiger partial charge in [0.25, 0.3) is 5.91 Å². The quantitative estimate of drug-likeness (QED) is 0.192. The van der Waals surface area contributed by atoms with Crippen LogP contribution in [0.25, 0.3) is 10.8 Å². The third kappa shape index (κ3) is 3.74. The molecule has 4 aromatic rings. The van der Waals surface area contributed by atoms with Gasteiger partial charge in [0.1, 0.15) is 5.84 Å². The molecule has 5 rings (SSSR count). The largest absolute Gasteiger partial charge is 0.384 e. The molecule has 4 amide bonds. The van der Waals surface area contributed by atoms with Gasteiger partial charge in [-0.3, -0.25) is 19.9 Å². The highest BCUT2D eigenvalue weighted by molar-refractivity contribution is 6.09. The van der Waals surface area contributed by atoms with Crippen molar-refractivity contribution in [2.75, 3.05) is 0 Å². The first-order valence-electron chi connectivity index (χ1n) is 11.3. The number of amidine groups is 1. The molecule has 0 aromatic heterocycles. The number of carbonyl (C=O) groups is 3. The number of hydrogen-bond acceptors (Lipinski definition) is 4. The number of nitrogens with two attached hydrogens (primary N) is 2. The number of nitrogen functional groups attached to an aromatic ring is 1. The highest BCUT2D eigenvalue weighted by Crippen LogP contribution is 2.37. The van der Waals surface area contributed by atoms with Gasteiger partial charge in [0.05, 0.1) is 6.54 Å². The molecule has 6 N–H and O–H groups in total. The van der Waals surface area contributed by atoms with Crippen molar-refractivity contribution in [3.05, 3.63) is 119 Å². The van der Waals surface area contributed by atoms with Gasteiger partial charge in [-0.1, -0.05) is 66.7 Å². The highest BCUT2D eigenvalue weighted by atomic mass is 16.2. The molecule has 4 aromatic carbocycles. The Morgan fingerprint density at radius 1 is 0.806 bits per heavy atom. The van der Waals surface area contributed by atoms with Crippen molar-refractivity contribution in [2.45, 2.75) is 12.1 Å². The van der Waals surface area contributed by atoms with E-state index in [0.29, 0.717) is 22.3 Å². The van der Waals surface area contributed by atoms with Crippen molar-refractivity contribution < 1.29 is 14.4 Å². The third-order valence-corrected chi connectivity index (χ3v) is 6.47. The van der Waals surface area contributed by atoms with Gasteiger partial charge in [-0.05, 0) is 51.7 Å². The topological polar surface area (TPSA) is 142 Å². The number of nitrogens with zero attached hydrogens (tertiary/aromatic N) is 1. The van der Waals surface area contributed by atoms with Crippen LogP contribution < -0.4 is 16.8 Å². The van der Waals surface area contributed by atoms with Gasteiger partial charge in [0.15, 0.2) is 5.54 Å². The Bertz CT molecular complexity index is 1530. The third-order valence-electron chi connectivity index (χ3n) is 6.47.